The summed E-state index contributed by atoms with van der Waals surface area (Å²) in [4.78, 5) is 12.4. The van der Waals surface area contributed by atoms with Crippen molar-refractivity contribution in [2.45, 2.75) is 45.4 Å². The number of aryl methyl sites for hydroxylation is 1. The molecular formula is C27H27NO2. The molecule has 152 valence electrons. The molecule has 0 aliphatic rings. The Balaban J connectivity index is 1.54. The van der Waals surface area contributed by atoms with E-state index in [1.165, 1.54) is 37.7 Å². The number of carbonyl (C=O) groups excluding carboxylic acids is 1. The number of unbranched alkanes of at least 4 members (excludes halogenated alkanes) is 4. The average Bonchev–Trinajstić information content (AvgIpc) is 2.80. The van der Waals surface area contributed by atoms with E-state index in [9.17, 15) is 4.79 Å². The molecular weight excluding hydrogens is 370 g/mol. The van der Waals surface area contributed by atoms with Crippen molar-refractivity contribution < 1.29 is 9.53 Å². The van der Waals surface area contributed by atoms with Crippen LogP contribution in [0.15, 0.2) is 72.8 Å². The second-order valence-electron chi connectivity index (χ2n) is 7.46. The first-order chi connectivity index (χ1) is 14.7. The Morgan fingerprint density at radius 2 is 1.40 bits per heavy atom. The summed E-state index contributed by atoms with van der Waals surface area (Å²) in [6.07, 6.45) is 7.36. The van der Waals surface area contributed by atoms with Crippen LogP contribution in [0.4, 0.5) is 0 Å². The summed E-state index contributed by atoms with van der Waals surface area (Å²) < 4.78 is 5.51. The number of hydrogen-bond donors (Lipinski definition) is 0. The lowest BCUT2D eigenvalue weighted by molar-refractivity contribution is 0.0735. The van der Waals surface area contributed by atoms with Gasteiger partial charge < -0.3 is 4.74 Å². The Kier molecular flexibility index (Phi) is 7.80. The van der Waals surface area contributed by atoms with Gasteiger partial charge in [0, 0.05) is 0 Å². The maximum Gasteiger partial charge on any atom is 0.343 e. The summed E-state index contributed by atoms with van der Waals surface area (Å²) in [5.41, 5.74) is 4.46. The normalized spacial score (nSPS) is 10.4. The fourth-order valence-electron chi connectivity index (χ4n) is 3.36. The van der Waals surface area contributed by atoms with Crippen molar-refractivity contribution in [2.75, 3.05) is 0 Å². The molecule has 0 aliphatic carbocycles. The largest absolute Gasteiger partial charge is 0.423 e. The molecule has 3 nitrogen and oxygen atoms in total. The number of rotatable bonds is 9. The smallest absolute Gasteiger partial charge is 0.343 e. The molecule has 0 spiro atoms. The van der Waals surface area contributed by atoms with E-state index in [2.05, 4.69) is 13.0 Å². The third-order valence-electron chi connectivity index (χ3n) is 5.17. The number of esters is 1. The van der Waals surface area contributed by atoms with Crippen LogP contribution in [0, 0.1) is 11.3 Å². The highest BCUT2D eigenvalue weighted by molar-refractivity contribution is 5.91. The van der Waals surface area contributed by atoms with Crippen LogP contribution in [0.25, 0.3) is 11.1 Å². The van der Waals surface area contributed by atoms with Gasteiger partial charge >= 0.3 is 5.97 Å². The Morgan fingerprint density at radius 3 is 2.00 bits per heavy atom. The Labute approximate surface area is 178 Å². The fourth-order valence-corrected chi connectivity index (χ4v) is 3.36. The molecule has 0 N–H and O–H groups in total. The summed E-state index contributed by atoms with van der Waals surface area (Å²) in [6.45, 7) is 2.22. The lowest BCUT2D eigenvalue weighted by Crippen LogP contribution is -2.08. The van der Waals surface area contributed by atoms with E-state index in [1.807, 2.05) is 48.5 Å². The van der Waals surface area contributed by atoms with Gasteiger partial charge in [0.1, 0.15) is 5.75 Å². The van der Waals surface area contributed by atoms with Crippen molar-refractivity contribution in [3.8, 4) is 22.9 Å². The van der Waals surface area contributed by atoms with Gasteiger partial charge in [0.2, 0.25) is 0 Å². The lowest BCUT2D eigenvalue weighted by atomic mass is 10.0. The number of ether oxygens (including phenoxy) is 1. The Hall–Kier alpha value is -3.38. The highest BCUT2D eigenvalue weighted by Gasteiger charge is 2.09. The van der Waals surface area contributed by atoms with E-state index in [0.29, 0.717) is 16.9 Å². The summed E-state index contributed by atoms with van der Waals surface area (Å²) in [7, 11) is 0. The van der Waals surface area contributed by atoms with E-state index in [1.54, 1.807) is 24.3 Å². The molecule has 0 unspecified atom stereocenters. The first-order valence-electron chi connectivity index (χ1n) is 10.6. The van der Waals surface area contributed by atoms with Gasteiger partial charge in [-0.05, 0) is 65.9 Å². The highest BCUT2D eigenvalue weighted by Crippen LogP contribution is 2.23. The van der Waals surface area contributed by atoms with Gasteiger partial charge in [0.05, 0.1) is 17.2 Å². The van der Waals surface area contributed by atoms with E-state index in [0.717, 1.165) is 17.5 Å². The molecule has 3 aromatic rings. The number of hydrogen-bond acceptors (Lipinski definition) is 3. The molecule has 3 aromatic carbocycles. The second kappa shape index (κ2) is 11.0. The van der Waals surface area contributed by atoms with Crippen LogP contribution in [0.2, 0.25) is 0 Å². The standard InChI is InChI=1S/C27H27NO2/c1-2-3-4-5-6-7-21-8-14-25(15-9-21)27(29)30-26-18-16-24(17-19-26)23-12-10-22(20-28)11-13-23/h8-19H,2-7H2,1H3. The van der Waals surface area contributed by atoms with Crippen LogP contribution in [-0.4, -0.2) is 5.97 Å². The first-order valence-corrected chi connectivity index (χ1v) is 10.6. The van der Waals surface area contributed by atoms with Crippen LogP contribution >= 0.6 is 0 Å². The van der Waals surface area contributed by atoms with Gasteiger partial charge in [-0.25, -0.2) is 4.79 Å². The van der Waals surface area contributed by atoms with E-state index < -0.39 is 0 Å². The topological polar surface area (TPSA) is 50.1 Å². The minimum atomic E-state index is -0.351. The van der Waals surface area contributed by atoms with Gasteiger partial charge in [0.25, 0.3) is 0 Å². The van der Waals surface area contributed by atoms with Crippen LogP contribution in [-0.2, 0) is 6.42 Å². The summed E-state index contributed by atoms with van der Waals surface area (Å²) in [5.74, 6) is 0.160. The summed E-state index contributed by atoms with van der Waals surface area (Å²) in [5, 5.41) is 8.90. The van der Waals surface area contributed by atoms with Crippen molar-refractivity contribution in [2.24, 2.45) is 0 Å². The van der Waals surface area contributed by atoms with Crippen molar-refractivity contribution in [1.82, 2.24) is 0 Å². The third kappa shape index (κ3) is 6.06. The van der Waals surface area contributed by atoms with Crippen LogP contribution in [0.1, 0.15) is 60.5 Å². The van der Waals surface area contributed by atoms with Crippen molar-refractivity contribution in [3.63, 3.8) is 0 Å². The SMILES string of the molecule is CCCCCCCc1ccc(C(=O)Oc2ccc(-c3ccc(C#N)cc3)cc2)cc1. The number of nitriles is 1. The predicted molar refractivity (Wildman–Crippen MR) is 120 cm³/mol. The molecule has 0 bridgehead atoms. The van der Waals surface area contributed by atoms with Gasteiger partial charge in [-0.2, -0.15) is 5.26 Å². The molecule has 0 atom stereocenters. The average molecular weight is 398 g/mol. The molecule has 0 aliphatic heterocycles. The molecule has 0 saturated heterocycles. The maximum absolute atomic E-state index is 12.4. The monoisotopic (exact) mass is 397 g/mol. The Morgan fingerprint density at radius 1 is 0.800 bits per heavy atom. The number of carbonyl (C=O) groups is 1. The molecule has 0 saturated carbocycles. The summed E-state index contributed by atoms with van der Waals surface area (Å²) >= 11 is 0. The van der Waals surface area contributed by atoms with E-state index in [-0.39, 0.29) is 5.97 Å². The minimum absolute atomic E-state index is 0.351. The van der Waals surface area contributed by atoms with Gasteiger partial charge in [-0.15, -0.1) is 0 Å². The van der Waals surface area contributed by atoms with Crippen LogP contribution in [0.3, 0.4) is 0 Å². The van der Waals surface area contributed by atoms with Crippen molar-refractivity contribution in [1.29, 1.82) is 5.26 Å². The van der Waals surface area contributed by atoms with Gasteiger partial charge in [0.15, 0.2) is 0 Å². The zero-order chi connectivity index (χ0) is 21.2. The predicted octanol–water partition coefficient (Wildman–Crippen LogP) is 6.96. The number of nitrogens with zero attached hydrogens (tertiary/aromatic N) is 1. The lowest BCUT2D eigenvalue weighted by Gasteiger charge is -2.07. The zero-order valence-electron chi connectivity index (χ0n) is 17.4. The Bertz CT molecular complexity index is 981. The third-order valence-corrected chi connectivity index (χ3v) is 5.17. The molecule has 0 aromatic heterocycles. The first kappa shape index (κ1) is 21.3. The minimum Gasteiger partial charge on any atom is -0.423 e. The number of benzene rings is 3. The van der Waals surface area contributed by atoms with Crippen LogP contribution < -0.4 is 4.74 Å². The van der Waals surface area contributed by atoms with Gasteiger partial charge in [-0.3, -0.25) is 0 Å². The maximum atomic E-state index is 12.4. The molecule has 0 amide bonds. The van der Waals surface area contributed by atoms with Crippen LogP contribution in [0.5, 0.6) is 5.75 Å². The van der Waals surface area contributed by atoms with Gasteiger partial charge in [-0.1, -0.05) is 69.0 Å². The van der Waals surface area contributed by atoms with E-state index >= 15 is 0 Å². The molecule has 30 heavy (non-hydrogen) atoms. The quantitative estimate of drug-likeness (QED) is 0.223. The molecule has 0 heterocycles. The molecule has 0 fully saturated rings. The summed E-state index contributed by atoms with van der Waals surface area (Å²) in [6, 6.07) is 24.6. The van der Waals surface area contributed by atoms with E-state index in [4.69, 9.17) is 10.00 Å². The molecule has 3 heteroatoms. The highest BCUT2D eigenvalue weighted by atomic mass is 16.5. The zero-order valence-corrected chi connectivity index (χ0v) is 17.4. The molecule has 3 rings (SSSR count). The van der Waals surface area contributed by atoms with Crippen molar-refractivity contribution in [3.05, 3.63) is 89.5 Å². The fraction of sp³-hybridized carbons (Fsp3) is 0.259. The second-order valence-corrected chi connectivity index (χ2v) is 7.46. The molecule has 0 radical (unpaired) electrons. The van der Waals surface area contributed by atoms with Crippen molar-refractivity contribution >= 4 is 5.97 Å².